The maximum Gasteiger partial charge on any atom is 0.128 e. The van der Waals surface area contributed by atoms with Crippen molar-refractivity contribution in [2.75, 3.05) is 31.6 Å². The molecule has 0 spiro atoms. The molecule has 19 heavy (non-hydrogen) atoms. The molecule has 1 saturated heterocycles. The smallest absolute Gasteiger partial charge is 0.128 e. The number of piperidine rings is 1. The first-order chi connectivity index (χ1) is 9.24. The largest absolute Gasteiger partial charge is 0.377 e. The van der Waals surface area contributed by atoms with E-state index in [1.54, 1.807) is 0 Å². The molecule has 0 bridgehead atoms. The van der Waals surface area contributed by atoms with Crippen molar-refractivity contribution < 1.29 is 4.74 Å². The highest BCUT2D eigenvalue weighted by molar-refractivity contribution is 5.42. The summed E-state index contributed by atoms with van der Waals surface area (Å²) in [4.78, 5) is 7.09. The SMILES string of the molecule is CCOC1CCCN(c2ccc(CNC)c(C)n2)C1. The minimum atomic E-state index is 0.359. The van der Waals surface area contributed by atoms with E-state index in [9.17, 15) is 0 Å². The van der Waals surface area contributed by atoms with E-state index < -0.39 is 0 Å². The first-order valence-electron chi connectivity index (χ1n) is 7.22. The van der Waals surface area contributed by atoms with Gasteiger partial charge in [-0.15, -0.1) is 0 Å². The molecule has 0 aliphatic carbocycles. The van der Waals surface area contributed by atoms with Crippen LogP contribution in [0.25, 0.3) is 0 Å². The summed E-state index contributed by atoms with van der Waals surface area (Å²) < 4.78 is 5.75. The molecule has 1 aliphatic heterocycles. The highest BCUT2D eigenvalue weighted by atomic mass is 16.5. The maximum atomic E-state index is 5.75. The molecule has 1 aromatic heterocycles. The maximum absolute atomic E-state index is 5.75. The van der Waals surface area contributed by atoms with Crippen LogP contribution in [0.15, 0.2) is 12.1 Å². The van der Waals surface area contributed by atoms with Crippen LogP contribution in [0, 0.1) is 6.92 Å². The van der Waals surface area contributed by atoms with Crippen molar-refractivity contribution in [1.29, 1.82) is 0 Å². The van der Waals surface area contributed by atoms with Gasteiger partial charge in [-0.05, 0) is 45.4 Å². The van der Waals surface area contributed by atoms with Crippen LogP contribution in [-0.2, 0) is 11.3 Å². The van der Waals surface area contributed by atoms with Crippen molar-refractivity contribution >= 4 is 5.82 Å². The lowest BCUT2D eigenvalue weighted by atomic mass is 10.1. The second kappa shape index (κ2) is 6.87. The molecule has 0 saturated carbocycles. The van der Waals surface area contributed by atoms with E-state index in [0.717, 1.165) is 37.8 Å². The molecule has 106 valence electrons. The Labute approximate surface area is 116 Å². The van der Waals surface area contributed by atoms with E-state index in [0.29, 0.717) is 6.10 Å². The summed E-state index contributed by atoms with van der Waals surface area (Å²) in [6.45, 7) is 7.87. The Kier molecular flexibility index (Phi) is 5.16. The molecule has 1 aromatic rings. The highest BCUT2D eigenvalue weighted by Crippen LogP contribution is 2.21. The fraction of sp³-hybridized carbons (Fsp3) is 0.667. The van der Waals surface area contributed by atoms with Gasteiger partial charge in [0.15, 0.2) is 0 Å². The van der Waals surface area contributed by atoms with Crippen LogP contribution in [0.2, 0.25) is 0 Å². The van der Waals surface area contributed by atoms with Gasteiger partial charge < -0.3 is 15.0 Å². The number of hydrogen-bond donors (Lipinski definition) is 1. The first kappa shape index (κ1) is 14.3. The number of rotatable bonds is 5. The third-order valence-electron chi connectivity index (χ3n) is 3.65. The number of nitrogens with zero attached hydrogens (tertiary/aromatic N) is 2. The van der Waals surface area contributed by atoms with Crippen molar-refractivity contribution in [3.63, 3.8) is 0 Å². The Morgan fingerprint density at radius 1 is 1.47 bits per heavy atom. The second-order valence-electron chi connectivity index (χ2n) is 5.11. The number of aryl methyl sites for hydroxylation is 1. The molecule has 1 N–H and O–H groups in total. The van der Waals surface area contributed by atoms with Crippen LogP contribution < -0.4 is 10.2 Å². The molecule has 1 unspecified atom stereocenters. The number of ether oxygens (including phenoxy) is 1. The Balaban J connectivity index is 2.06. The monoisotopic (exact) mass is 263 g/mol. The average Bonchev–Trinajstić information content (AvgIpc) is 2.42. The van der Waals surface area contributed by atoms with Crippen LogP contribution in [0.4, 0.5) is 5.82 Å². The lowest BCUT2D eigenvalue weighted by Crippen LogP contribution is -2.40. The van der Waals surface area contributed by atoms with Gasteiger partial charge in [0.2, 0.25) is 0 Å². The lowest BCUT2D eigenvalue weighted by Gasteiger charge is -2.33. The van der Waals surface area contributed by atoms with E-state index in [1.165, 1.54) is 18.4 Å². The van der Waals surface area contributed by atoms with Gasteiger partial charge in [0.25, 0.3) is 0 Å². The molecule has 0 amide bonds. The molecule has 2 heterocycles. The molecule has 1 atom stereocenters. The predicted molar refractivity (Wildman–Crippen MR) is 78.6 cm³/mol. The molecule has 0 aromatic carbocycles. The van der Waals surface area contributed by atoms with Crippen LogP contribution in [0.3, 0.4) is 0 Å². The van der Waals surface area contributed by atoms with Crippen LogP contribution in [-0.4, -0.2) is 37.8 Å². The zero-order chi connectivity index (χ0) is 13.7. The Hall–Kier alpha value is -1.13. The van der Waals surface area contributed by atoms with E-state index in [2.05, 4.69) is 36.2 Å². The van der Waals surface area contributed by atoms with Gasteiger partial charge in [-0.2, -0.15) is 0 Å². The Morgan fingerprint density at radius 3 is 3.00 bits per heavy atom. The van der Waals surface area contributed by atoms with Gasteiger partial charge >= 0.3 is 0 Å². The van der Waals surface area contributed by atoms with Crippen molar-refractivity contribution in [2.45, 2.75) is 39.3 Å². The van der Waals surface area contributed by atoms with Gasteiger partial charge in [-0.1, -0.05) is 6.07 Å². The van der Waals surface area contributed by atoms with Crippen molar-refractivity contribution in [3.8, 4) is 0 Å². The summed E-state index contributed by atoms with van der Waals surface area (Å²) in [6, 6.07) is 4.31. The molecule has 1 aliphatic rings. The van der Waals surface area contributed by atoms with Crippen molar-refractivity contribution in [2.24, 2.45) is 0 Å². The summed E-state index contributed by atoms with van der Waals surface area (Å²) in [6.07, 6.45) is 2.71. The standard InChI is InChI=1S/C15H25N3O/c1-4-19-14-6-5-9-18(11-14)15-8-7-13(10-16-3)12(2)17-15/h7-8,14,16H,4-6,9-11H2,1-3H3. The van der Waals surface area contributed by atoms with Crippen LogP contribution in [0.1, 0.15) is 31.0 Å². The van der Waals surface area contributed by atoms with Gasteiger partial charge in [0.05, 0.1) is 6.10 Å². The lowest BCUT2D eigenvalue weighted by molar-refractivity contribution is 0.0525. The quantitative estimate of drug-likeness (QED) is 0.883. The van der Waals surface area contributed by atoms with Gasteiger partial charge in [0.1, 0.15) is 5.82 Å². The van der Waals surface area contributed by atoms with E-state index in [4.69, 9.17) is 9.72 Å². The molecular weight excluding hydrogens is 238 g/mol. The van der Waals surface area contributed by atoms with Crippen LogP contribution in [0.5, 0.6) is 0 Å². The zero-order valence-corrected chi connectivity index (χ0v) is 12.3. The molecular formula is C15H25N3O. The fourth-order valence-electron chi connectivity index (χ4n) is 2.65. The Morgan fingerprint density at radius 2 is 2.32 bits per heavy atom. The fourth-order valence-corrected chi connectivity index (χ4v) is 2.65. The summed E-state index contributed by atoms with van der Waals surface area (Å²) in [5, 5.41) is 3.17. The van der Waals surface area contributed by atoms with Crippen molar-refractivity contribution in [3.05, 3.63) is 23.4 Å². The number of nitrogens with one attached hydrogen (secondary N) is 1. The third kappa shape index (κ3) is 3.67. The molecule has 4 nitrogen and oxygen atoms in total. The van der Waals surface area contributed by atoms with E-state index in [1.807, 2.05) is 7.05 Å². The number of pyridine rings is 1. The minimum Gasteiger partial charge on any atom is -0.377 e. The number of hydrogen-bond acceptors (Lipinski definition) is 4. The van der Waals surface area contributed by atoms with Gasteiger partial charge in [-0.25, -0.2) is 4.98 Å². The topological polar surface area (TPSA) is 37.4 Å². The molecule has 1 fully saturated rings. The molecule has 4 heteroatoms. The summed E-state index contributed by atoms with van der Waals surface area (Å²) in [5.41, 5.74) is 2.38. The highest BCUT2D eigenvalue weighted by Gasteiger charge is 2.21. The van der Waals surface area contributed by atoms with Gasteiger partial charge in [-0.3, -0.25) is 0 Å². The van der Waals surface area contributed by atoms with Gasteiger partial charge in [0, 0.05) is 31.9 Å². The summed E-state index contributed by atoms with van der Waals surface area (Å²) in [5.74, 6) is 1.08. The minimum absolute atomic E-state index is 0.359. The summed E-state index contributed by atoms with van der Waals surface area (Å²) >= 11 is 0. The van der Waals surface area contributed by atoms with Crippen LogP contribution >= 0.6 is 0 Å². The average molecular weight is 263 g/mol. The second-order valence-corrected chi connectivity index (χ2v) is 5.11. The molecule has 0 radical (unpaired) electrons. The predicted octanol–water partition coefficient (Wildman–Crippen LogP) is 2.11. The van der Waals surface area contributed by atoms with E-state index >= 15 is 0 Å². The summed E-state index contributed by atoms with van der Waals surface area (Å²) in [7, 11) is 1.96. The zero-order valence-electron chi connectivity index (χ0n) is 12.3. The van der Waals surface area contributed by atoms with E-state index in [-0.39, 0.29) is 0 Å². The number of anilines is 1. The Bertz CT molecular complexity index is 406. The molecule has 2 rings (SSSR count). The van der Waals surface area contributed by atoms with Crippen molar-refractivity contribution in [1.82, 2.24) is 10.3 Å². The third-order valence-corrected chi connectivity index (χ3v) is 3.65. The number of aromatic nitrogens is 1. The first-order valence-corrected chi connectivity index (χ1v) is 7.22. The normalized spacial score (nSPS) is 19.7.